The van der Waals surface area contributed by atoms with Gasteiger partial charge in [0.25, 0.3) is 0 Å². The zero-order valence-corrected chi connectivity index (χ0v) is 9.19. The largest absolute Gasteiger partial charge is 0.383 e. The molecule has 0 amide bonds. The zero-order valence-electron chi connectivity index (χ0n) is 9.19. The van der Waals surface area contributed by atoms with Crippen LogP contribution in [0.3, 0.4) is 0 Å². The van der Waals surface area contributed by atoms with Crippen LogP contribution in [0.4, 0.5) is 11.6 Å². The number of aromatic nitrogens is 3. The molecular weight excluding hydrogens is 206 g/mol. The maximum atomic E-state index is 5.67. The molecule has 2 aromatic heterocycles. The van der Waals surface area contributed by atoms with E-state index in [1.807, 2.05) is 19.9 Å². The summed E-state index contributed by atoms with van der Waals surface area (Å²) in [4.78, 5) is 7.99. The molecule has 16 heavy (non-hydrogen) atoms. The second-order valence-electron chi connectivity index (χ2n) is 3.51. The third kappa shape index (κ3) is 2.10. The Labute approximate surface area is 92.9 Å². The Morgan fingerprint density at radius 2 is 2.19 bits per heavy atom. The Morgan fingerprint density at radius 3 is 2.88 bits per heavy atom. The van der Waals surface area contributed by atoms with E-state index < -0.39 is 0 Å². The van der Waals surface area contributed by atoms with Gasteiger partial charge in [0, 0.05) is 11.6 Å². The molecule has 0 saturated heterocycles. The van der Waals surface area contributed by atoms with Gasteiger partial charge in [0.15, 0.2) is 0 Å². The lowest BCUT2D eigenvalue weighted by Crippen LogP contribution is -2.06. The van der Waals surface area contributed by atoms with Crippen LogP contribution in [0, 0.1) is 13.8 Å². The minimum Gasteiger partial charge on any atom is -0.383 e. The number of nitrogen functional groups attached to an aromatic ring is 1. The molecular formula is C10H13N5O. The highest BCUT2D eigenvalue weighted by Crippen LogP contribution is 2.15. The minimum absolute atomic E-state index is 0.480. The minimum atomic E-state index is 0.480. The Morgan fingerprint density at radius 1 is 1.38 bits per heavy atom. The van der Waals surface area contributed by atoms with Crippen LogP contribution < -0.4 is 11.1 Å². The normalized spacial score (nSPS) is 10.4. The van der Waals surface area contributed by atoms with Crippen LogP contribution in [0.1, 0.15) is 17.0 Å². The van der Waals surface area contributed by atoms with E-state index in [1.54, 1.807) is 0 Å². The summed E-state index contributed by atoms with van der Waals surface area (Å²) >= 11 is 0. The van der Waals surface area contributed by atoms with Crippen molar-refractivity contribution in [3.05, 3.63) is 29.4 Å². The van der Waals surface area contributed by atoms with E-state index in [1.165, 1.54) is 6.33 Å². The molecule has 0 radical (unpaired) electrons. The lowest BCUT2D eigenvalue weighted by atomic mass is 10.3. The van der Waals surface area contributed by atoms with Crippen molar-refractivity contribution in [2.24, 2.45) is 0 Å². The highest BCUT2D eigenvalue weighted by Gasteiger charge is 2.05. The average Bonchev–Trinajstić information content (AvgIpc) is 2.67. The Balaban J connectivity index is 2.07. The summed E-state index contributed by atoms with van der Waals surface area (Å²) in [6, 6.07) is 1.87. The lowest BCUT2D eigenvalue weighted by Gasteiger charge is -2.07. The van der Waals surface area contributed by atoms with Crippen LogP contribution in [-0.4, -0.2) is 15.1 Å². The number of hydrogen-bond donors (Lipinski definition) is 2. The van der Waals surface area contributed by atoms with Crippen LogP contribution >= 0.6 is 0 Å². The molecule has 84 valence electrons. The second-order valence-corrected chi connectivity index (χ2v) is 3.51. The van der Waals surface area contributed by atoms with Gasteiger partial charge in [0.05, 0.1) is 6.54 Å². The summed E-state index contributed by atoms with van der Waals surface area (Å²) < 4.78 is 4.96. The van der Waals surface area contributed by atoms with E-state index >= 15 is 0 Å². The van der Waals surface area contributed by atoms with Crippen molar-refractivity contribution >= 4 is 11.6 Å². The van der Waals surface area contributed by atoms with Crippen molar-refractivity contribution in [2.75, 3.05) is 11.1 Å². The molecule has 0 aromatic carbocycles. The predicted octanol–water partition coefficient (Wildman–Crippen LogP) is 1.28. The molecule has 0 unspecified atom stereocenters. The van der Waals surface area contributed by atoms with Crippen molar-refractivity contribution in [3.8, 4) is 0 Å². The fourth-order valence-electron chi connectivity index (χ4n) is 1.32. The van der Waals surface area contributed by atoms with Gasteiger partial charge in [-0.25, -0.2) is 9.97 Å². The summed E-state index contributed by atoms with van der Waals surface area (Å²) in [6.07, 6.45) is 1.43. The average molecular weight is 219 g/mol. The standard InChI is InChI=1S/C10H13N5O/c1-6-3-8(15-16-6)4-12-10-7(2)9(11)13-5-14-10/h3,5H,4H2,1-2H3,(H3,11,12,13,14). The summed E-state index contributed by atoms with van der Waals surface area (Å²) in [5.41, 5.74) is 7.33. The van der Waals surface area contributed by atoms with E-state index in [-0.39, 0.29) is 0 Å². The quantitative estimate of drug-likeness (QED) is 0.808. The van der Waals surface area contributed by atoms with Crippen LogP contribution in [0.25, 0.3) is 0 Å². The van der Waals surface area contributed by atoms with Gasteiger partial charge < -0.3 is 15.6 Å². The molecule has 0 fully saturated rings. The number of aryl methyl sites for hydroxylation is 1. The van der Waals surface area contributed by atoms with Gasteiger partial charge >= 0.3 is 0 Å². The lowest BCUT2D eigenvalue weighted by molar-refractivity contribution is 0.391. The molecule has 2 aromatic rings. The molecule has 0 spiro atoms. The van der Waals surface area contributed by atoms with Gasteiger partial charge in [-0.05, 0) is 13.8 Å². The van der Waals surface area contributed by atoms with Crippen LogP contribution in [0.15, 0.2) is 16.9 Å². The maximum Gasteiger partial charge on any atom is 0.134 e. The maximum absolute atomic E-state index is 5.67. The summed E-state index contributed by atoms with van der Waals surface area (Å²) in [7, 11) is 0. The SMILES string of the molecule is Cc1cc(CNc2ncnc(N)c2C)no1. The van der Waals surface area contributed by atoms with Gasteiger partial charge in [-0.1, -0.05) is 5.16 Å². The van der Waals surface area contributed by atoms with E-state index in [9.17, 15) is 0 Å². The van der Waals surface area contributed by atoms with Gasteiger partial charge in [-0.3, -0.25) is 0 Å². The van der Waals surface area contributed by atoms with Gasteiger partial charge in [-0.2, -0.15) is 0 Å². The van der Waals surface area contributed by atoms with Gasteiger partial charge in [0.2, 0.25) is 0 Å². The Bertz CT molecular complexity index is 494. The molecule has 6 heteroatoms. The van der Waals surface area contributed by atoms with Gasteiger partial charge in [-0.15, -0.1) is 0 Å². The molecule has 0 aliphatic heterocycles. The van der Waals surface area contributed by atoms with E-state index in [2.05, 4.69) is 20.4 Å². The van der Waals surface area contributed by atoms with Gasteiger partial charge in [0.1, 0.15) is 29.4 Å². The predicted molar refractivity (Wildman–Crippen MR) is 59.7 cm³/mol. The first kappa shape index (κ1) is 10.4. The van der Waals surface area contributed by atoms with E-state index in [4.69, 9.17) is 10.3 Å². The van der Waals surface area contributed by atoms with Crippen LogP contribution in [0.5, 0.6) is 0 Å². The number of hydrogen-bond acceptors (Lipinski definition) is 6. The molecule has 6 nitrogen and oxygen atoms in total. The Kier molecular flexibility index (Phi) is 2.72. The molecule has 0 bridgehead atoms. The van der Waals surface area contributed by atoms with Crippen molar-refractivity contribution in [3.63, 3.8) is 0 Å². The smallest absolute Gasteiger partial charge is 0.134 e. The molecule has 0 saturated carbocycles. The number of rotatable bonds is 3. The second kappa shape index (κ2) is 4.18. The van der Waals surface area contributed by atoms with E-state index in [0.717, 1.165) is 17.0 Å². The van der Waals surface area contributed by atoms with Crippen molar-refractivity contribution in [1.82, 2.24) is 15.1 Å². The molecule has 2 heterocycles. The fraction of sp³-hybridized carbons (Fsp3) is 0.300. The molecule has 0 aliphatic rings. The molecule has 0 atom stereocenters. The third-order valence-electron chi connectivity index (χ3n) is 2.24. The Hall–Kier alpha value is -2.11. The van der Waals surface area contributed by atoms with Crippen molar-refractivity contribution < 1.29 is 4.52 Å². The highest BCUT2D eigenvalue weighted by molar-refractivity contribution is 5.53. The molecule has 0 aliphatic carbocycles. The van der Waals surface area contributed by atoms with Crippen molar-refractivity contribution in [2.45, 2.75) is 20.4 Å². The zero-order chi connectivity index (χ0) is 11.5. The third-order valence-corrected chi connectivity index (χ3v) is 2.24. The number of nitrogens with zero attached hydrogens (tertiary/aromatic N) is 3. The highest BCUT2D eigenvalue weighted by atomic mass is 16.5. The first-order chi connectivity index (χ1) is 7.66. The van der Waals surface area contributed by atoms with Crippen LogP contribution in [-0.2, 0) is 6.54 Å². The molecule has 3 N–H and O–H groups in total. The summed E-state index contributed by atoms with van der Waals surface area (Å²) in [5.74, 6) is 1.98. The van der Waals surface area contributed by atoms with Crippen molar-refractivity contribution in [1.29, 1.82) is 0 Å². The monoisotopic (exact) mass is 219 g/mol. The first-order valence-corrected chi connectivity index (χ1v) is 4.90. The summed E-state index contributed by atoms with van der Waals surface area (Å²) in [5, 5.41) is 7.00. The number of nitrogens with two attached hydrogens (primary N) is 1. The van der Waals surface area contributed by atoms with Crippen LogP contribution in [0.2, 0.25) is 0 Å². The first-order valence-electron chi connectivity index (χ1n) is 4.90. The number of nitrogens with one attached hydrogen (secondary N) is 1. The van der Waals surface area contributed by atoms with E-state index in [0.29, 0.717) is 18.2 Å². The topological polar surface area (TPSA) is 89.9 Å². The molecule has 2 rings (SSSR count). The summed E-state index contributed by atoms with van der Waals surface area (Å²) in [6.45, 7) is 4.27. The number of anilines is 2. The fourth-order valence-corrected chi connectivity index (χ4v) is 1.32.